The van der Waals surface area contributed by atoms with Crippen molar-refractivity contribution in [2.24, 2.45) is 24.6 Å². The van der Waals surface area contributed by atoms with E-state index in [1.165, 1.54) is 6.07 Å². The van der Waals surface area contributed by atoms with Gasteiger partial charge in [0.25, 0.3) is 5.91 Å². The molecule has 2 aliphatic rings. The van der Waals surface area contributed by atoms with Crippen LogP contribution in [0.25, 0.3) is 22.8 Å². The van der Waals surface area contributed by atoms with Gasteiger partial charge in [0.05, 0.1) is 5.69 Å². The Labute approximate surface area is 223 Å². The van der Waals surface area contributed by atoms with Gasteiger partial charge >= 0.3 is 0 Å². The van der Waals surface area contributed by atoms with Crippen LogP contribution in [-0.4, -0.2) is 54.7 Å². The molecule has 39 heavy (non-hydrogen) atoms. The summed E-state index contributed by atoms with van der Waals surface area (Å²) in [4.78, 5) is 28.0. The van der Waals surface area contributed by atoms with E-state index in [2.05, 4.69) is 20.1 Å². The third-order valence-electron chi connectivity index (χ3n) is 7.31. The molecule has 1 aliphatic carbocycles. The molecule has 0 unspecified atom stereocenters. The number of pyridine rings is 1. The lowest BCUT2D eigenvalue weighted by Crippen LogP contribution is -2.34. The zero-order valence-corrected chi connectivity index (χ0v) is 21.7. The Morgan fingerprint density at radius 3 is 2.41 bits per heavy atom. The quantitative estimate of drug-likeness (QED) is 0.405. The number of hydrogen-bond acceptors (Lipinski definition) is 7. The predicted molar refractivity (Wildman–Crippen MR) is 138 cm³/mol. The molecule has 3 aromatic heterocycles. The Kier molecular flexibility index (Phi) is 5.91. The molecular formula is C28H27F2N7O2. The standard InChI is InChI=1S/C28H27F2N7O2/c1-28(2,31)16-10-21(15-5-6-19(29)20(30)9-15)34-24(11-16)39-25-17-13-37(14-18(17)25)27(38)23-12-22(35-36(23)3)26-32-7-4-8-33-26/h4-12,17-18,25H,13-14,31H2,1-3H3/t17-,18+,25+. The number of rotatable bonds is 6. The number of aryl methyl sites for hydroxylation is 1. The van der Waals surface area contributed by atoms with Gasteiger partial charge < -0.3 is 15.4 Å². The van der Waals surface area contributed by atoms with Gasteiger partial charge in [-0.1, -0.05) is 0 Å². The molecule has 1 aromatic carbocycles. The van der Waals surface area contributed by atoms with Crippen LogP contribution in [0.3, 0.4) is 0 Å². The Bertz CT molecular complexity index is 1560. The topological polar surface area (TPSA) is 112 Å². The van der Waals surface area contributed by atoms with Gasteiger partial charge in [0.15, 0.2) is 17.5 Å². The largest absolute Gasteiger partial charge is 0.474 e. The average Bonchev–Trinajstić information content (AvgIpc) is 3.22. The van der Waals surface area contributed by atoms with Crippen molar-refractivity contribution in [1.82, 2.24) is 29.6 Å². The number of nitrogens with two attached hydrogens (primary N) is 1. The van der Waals surface area contributed by atoms with Crippen LogP contribution in [0.15, 0.2) is 54.9 Å². The third-order valence-corrected chi connectivity index (χ3v) is 7.31. The van der Waals surface area contributed by atoms with Crippen molar-refractivity contribution in [3.05, 3.63) is 77.8 Å². The van der Waals surface area contributed by atoms with Crippen molar-refractivity contribution in [1.29, 1.82) is 0 Å². The number of ether oxygens (including phenoxy) is 1. The molecule has 4 aromatic rings. The highest BCUT2D eigenvalue weighted by molar-refractivity contribution is 5.94. The lowest BCUT2D eigenvalue weighted by Gasteiger charge is -2.22. The Morgan fingerprint density at radius 1 is 1.03 bits per heavy atom. The number of likely N-dealkylation sites (tertiary alicyclic amines) is 1. The van der Waals surface area contributed by atoms with E-state index in [4.69, 9.17) is 10.5 Å². The van der Waals surface area contributed by atoms with Gasteiger partial charge in [-0.2, -0.15) is 5.10 Å². The molecule has 11 heteroatoms. The van der Waals surface area contributed by atoms with E-state index in [9.17, 15) is 13.6 Å². The minimum Gasteiger partial charge on any atom is -0.474 e. The van der Waals surface area contributed by atoms with Crippen molar-refractivity contribution in [3.8, 4) is 28.7 Å². The van der Waals surface area contributed by atoms with Crippen molar-refractivity contribution in [2.45, 2.75) is 25.5 Å². The lowest BCUT2D eigenvalue weighted by atomic mass is 9.95. The first-order chi connectivity index (χ1) is 18.6. The monoisotopic (exact) mass is 531 g/mol. The van der Waals surface area contributed by atoms with Gasteiger partial charge in [0.2, 0.25) is 5.88 Å². The van der Waals surface area contributed by atoms with Crippen LogP contribution in [0, 0.1) is 23.5 Å². The number of carbonyl (C=O) groups excluding carboxylic acids is 1. The number of benzene rings is 1. The smallest absolute Gasteiger partial charge is 0.272 e. The number of piperidine rings is 1. The number of hydrogen-bond donors (Lipinski definition) is 1. The van der Waals surface area contributed by atoms with Gasteiger partial charge in [0, 0.05) is 67.6 Å². The molecule has 1 aliphatic heterocycles. The van der Waals surface area contributed by atoms with E-state index < -0.39 is 17.2 Å². The first kappa shape index (κ1) is 25.1. The molecule has 0 radical (unpaired) electrons. The molecule has 6 rings (SSSR count). The summed E-state index contributed by atoms with van der Waals surface area (Å²) in [6.07, 6.45) is 3.16. The van der Waals surface area contributed by atoms with Gasteiger partial charge in [-0.3, -0.25) is 9.48 Å². The van der Waals surface area contributed by atoms with Crippen molar-refractivity contribution < 1.29 is 18.3 Å². The van der Waals surface area contributed by atoms with Crippen molar-refractivity contribution in [2.75, 3.05) is 13.1 Å². The van der Waals surface area contributed by atoms with Crippen molar-refractivity contribution >= 4 is 5.91 Å². The molecule has 1 saturated heterocycles. The number of aromatic nitrogens is 5. The highest BCUT2D eigenvalue weighted by atomic mass is 19.2. The first-order valence-electron chi connectivity index (χ1n) is 12.6. The van der Waals surface area contributed by atoms with E-state index in [1.54, 1.807) is 53.3 Å². The number of carbonyl (C=O) groups is 1. The molecule has 2 fully saturated rings. The van der Waals surface area contributed by atoms with Gasteiger partial charge in [0.1, 0.15) is 17.5 Å². The predicted octanol–water partition coefficient (Wildman–Crippen LogP) is 3.56. The zero-order chi connectivity index (χ0) is 27.5. The van der Waals surface area contributed by atoms with Crippen molar-refractivity contribution in [3.63, 3.8) is 0 Å². The summed E-state index contributed by atoms with van der Waals surface area (Å²) in [5.74, 6) is -0.822. The molecule has 2 N–H and O–H groups in total. The summed E-state index contributed by atoms with van der Waals surface area (Å²) in [5, 5.41) is 4.40. The molecule has 3 atom stereocenters. The Hall–Kier alpha value is -4.25. The summed E-state index contributed by atoms with van der Waals surface area (Å²) >= 11 is 0. The fourth-order valence-electron chi connectivity index (χ4n) is 5.06. The second-order valence-corrected chi connectivity index (χ2v) is 10.7. The first-order valence-corrected chi connectivity index (χ1v) is 12.6. The van der Waals surface area contributed by atoms with Crippen LogP contribution in [0.1, 0.15) is 29.9 Å². The third kappa shape index (κ3) is 4.74. The van der Waals surface area contributed by atoms with Crippen LogP contribution < -0.4 is 10.5 Å². The maximum Gasteiger partial charge on any atom is 0.272 e. The molecule has 9 nitrogen and oxygen atoms in total. The summed E-state index contributed by atoms with van der Waals surface area (Å²) < 4.78 is 35.2. The highest BCUT2D eigenvalue weighted by Gasteiger charge is 2.59. The average molecular weight is 532 g/mol. The number of fused-ring (bicyclic) bond motifs is 1. The van der Waals surface area contributed by atoms with E-state index in [1.807, 2.05) is 13.8 Å². The maximum absolute atomic E-state index is 13.9. The number of nitrogens with zero attached hydrogens (tertiary/aromatic N) is 6. The van der Waals surface area contributed by atoms with Crippen LogP contribution in [0.5, 0.6) is 5.88 Å². The van der Waals surface area contributed by atoms with Crippen LogP contribution in [-0.2, 0) is 12.6 Å². The van der Waals surface area contributed by atoms with E-state index >= 15 is 0 Å². The SMILES string of the molecule is Cn1nc(-c2ncccn2)cc1C(=O)N1C[C@@H]2[C@H](C1)[C@H]2Oc1cc(C(C)(C)N)cc(-c2ccc(F)c(F)c2)n1. The van der Waals surface area contributed by atoms with Gasteiger partial charge in [-0.05, 0) is 49.7 Å². The normalized spacial score (nSPS) is 20.2. The summed E-state index contributed by atoms with van der Waals surface area (Å²) in [6.45, 7) is 4.80. The maximum atomic E-state index is 13.9. The summed E-state index contributed by atoms with van der Waals surface area (Å²) in [7, 11) is 1.73. The van der Waals surface area contributed by atoms with E-state index in [-0.39, 0.29) is 23.8 Å². The fourth-order valence-corrected chi connectivity index (χ4v) is 5.06. The Morgan fingerprint density at radius 2 is 1.74 bits per heavy atom. The second-order valence-electron chi connectivity index (χ2n) is 10.7. The van der Waals surface area contributed by atoms with Crippen LogP contribution >= 0.6 is 0 Å². The summed E-state index contributed by atoms with van der Waals surface area (Å²) in [6, 6.07) is 10.6. The molecule has 200 valence electrons. The fraction of sp³-hybridized carbons (Fsp3) is 0.321. The lowest BCUT2D eigenvalue weighted by molar-refractivity contribution is 0.0740. The highest BCUT2D eigenvalue weighted by Crippen LogP contribution is 2.48. The zero-order valence-electron chi connectivity index (χ0n) is 21.7. The Balaban J connectivity index is 1.17. The minimum atomic E-state index is -0.951. The van der Waals surface area contributed by atoms with Gasteiger partial charge in [-0.15, -0.1) is 0 Å². The summed E-state index contributed by atoms with van der Waals surface area (Å²) in [5.41, 5.74) is 8.27. The molecule has 1 saturated carbocycles. The van der Waals surface area contributed by atoms with E-state index in [0.29, 0.717) is 47.4 Å². The second kappa shape index (κ2) is 9.19. The van der Waals surface area contributed by atoms with E-state index in [0.717, 1.165) is 17.7 Å². The van der Waals surface area contributed by atoms with Crippen LogP contribution in [0.4, 0.5) is 8.78 Å². The minimum absolute atomic E-state index is 0.102. The van der Waals surface area contributed by atoms with Gasteiger partial charge in [-0.25, -0.2) is 23.7 Å². The molecule has 1 amide bonds. The number of halogens is 2. The molecule has 0 spiro atoms. The molecule has 4 heterocycles. The molecular weight excluding hydrogens is 504 g/mol. The van der Waals surface area contributed by atoms with Crippen LogP contribution in [0.2, 0.25) is 0 Å². The number of amides is 1. The molecule has 0 bridgehead atoms.